The summed E-state index contributed by atoms with van der Waals surface area (Å²) in [6, 6.07) is 0. The summed E-state index contributed by atoms with van der Waals surface area (Å²) in [6.07, 6.45) is 8.68. The van der Waals surface area contributed by atoms with E-state index < -0.39 is 0 Å². The van der Waals surface area contributed by atoms with Crippen LogP contribution in [0.2, 0.25) is 0 Å². The van der Waals surface area contributed by atoms with Crippen molar-refractivity contribution < 1.29 is 10.1 Å². The lowest BCUT2D eigenvalue weighted by atomic mass is 9.59. The lowest BCUT2D eigenvalue weighted by Crippen LogP contribution is -2.48. The molecule has 0 aromatic heterocycles. The fourth-order valence-corrected chi connectivity index (χ4v) is 3.79. The molecule has 18 heavy (non-hydrogen) atoms. The van der Waals surface area contributed by atoms with Gasteiger partial charge in [-0.25, -0.2) is 4.89 Å². The number of hydrogen-bond donors (Lipinski definition) is 1. The van der Waals surface area contributed by atoms with Gasteiger partial charge in [-0.05, 0) is 37.0 Å². The van der Waals surface area contributed by atoms with Crippen LogP contribution in [0.3, 0.4) is 0 Å². The molecule has 2 nitrogen and oxygen atoms in total. The summed E-state index contributed by atoms with van der Waals surface area (Å²) in [5.41, 5.74) is 0.117. The fourth-order valence-electron chi connectivity index (χ4n) is 3.79. The maximum absolute atomic E-state index is 9.49. The van der Waals surface area contributed by atoms with E-state index in [0.717, 1.165) is 12.8 Å². The van der Waals surface area contributed by atoms with E-state index in [-0.39, 0.29) is 16.9 Å². The molecule has 0 amide bonds. The molecule has 0 saturated heterocycles. The van der Waals surface area contributed by atoms with Crippen LogP contribution in [-0.2, 0) is 4.89 Å². The standard InChI is InChI=1S/C16H32O2/c1-6-15(3,4)14(18-17)16(5,7-2)13-11-9-8-10-12-13/h13-14,17H,6-12H2,1-5H3. The van der Waals surface area contributed by atoms with E-state index in [2.05, 4.69) is 34.6 Å². The Kier molecular flexibility index (Phi) is 5.67. The molecule has 1 aliphatic rings. The van der Waals surface area contributed by atoms with E-state index >= 15 is 0 Å². The minimum atomic E-state index is -0.0666. The van der Waals surface area contributed by atoms with Gasteiger partial charge < -0.3 is 0 Å². The van der Waals surface area contributed by atoms with Gasteiger partial charge in [0, 0.05) is 5.41 Å². The molecule has 0 bridgehead atoms. The highest BCUT2D eigenvalue weighted by Gasteiger charge is 2.47. The maximum Gasteiger partial charge on any atom is 0.103 e. The molecular weight excluding hydrogens is 224 g/mol. The van der Waals surface area contributed by atoms with E-state index in [1.165, 1.54) is 32.1 Å². The minimum Gasteiger partial charge on any atom is -0.251 e. The summed E-state index contributed by atoms with van der Waals surface area (Å²) in [5, 5.41) is 9.49. The lowest BCUT2D eigenvalue weighted by molar-refractivity contribution is -0.334. The molecule has 0 aromatic carbocycles. The van der Waals surface area contributed by atoms with E-state index in [0.29, 0.717) is 5.92 Å². The minimum absolute atomic E-state index is 0.0248. The Morgan fingerprint density at radius 1 is 1.06 bits per heavy atom. The van der Waals surface area contributed by atoms with Gasteiger partial charge in [-0.15, -0.1) is 0 Å². The van der Waals surface area contributed by atoms with Crippen molar-refractivity contribution in [3.63, 3.8) is 0 Å². The summed E-state index contributed by atoms with van der Waals surface area (Å²) in [5.74, 6) is 0.694. The molecule has 0 radical (unpaired) electrons. The van der Waals surface area contributed by atoms with Crippen molar-refractivity contribution in [2.24, 2.45) is 16.7 Å². The van der Waals surface area contributed by atoms with Gasteiger partial charge in [0.25, 0.3) is 0 Å². The molecular formula is C16H32O2. The van der Waals surface area contributed by atoms with Gasteiger partial charge >= 0.3 is 0 Å². The summed E-state index contributed by atoms with van der Waals surface area (Å²) >= 11 is 0. The third kappa shape index (κ3) is 3.08. The third-order valence-electron chi connectivity index (χ3n) is 5.62. The molecule has 2 atom stereocenters. The van der Waals surface area contributed by atoms with Crippen molar-refractivity contribution in [2.75, 3.05) is 0 Å². The average molecular weight is 256 g/mol. The van der Waals surface area contributed by atoms with Crippen LogP contribution >= 0.6 is 0 Å². The Balaban J connectivity index is 2.95. The predicted molar refractivity (Wildman–Crippen MR) is 76.5 cm³/mol. The van der Waals surface area contributed by atoms with Gasteiger partial charge in [-0.2, -0.15) is 0 Å². The lowest BCUT2D eigenvalue weighted by Gasteiger charge is -2.49. The van der Waals surface area contributed by atoms with Crippen LogP contribution in [0.25, 0.3) is 0 Å². The van der Waals surface area contributed by atoms with Gasteiger partial charge in [0.05, 0.1) is 0 Å². The molecule has 1 fully saturated rings. The highest BCUT2D eigenvalue weighted by Crippen LogP contribution is 2.49. The Hall–Kier alpha value is -0.0800. The summed E-state index contributed by atoms with van der Waals surface area (Å²) < 4.78 is 0. The second-order valence-corrected chi connectivity index (χ2v) is 7.02. The first-order valence-corrected chi connectivity index (χ1v) is 7.72. The monoisotopic (exact) mass is 256 g/mol. The molecule has 1 saturated carbocycles. The van der Waals surface area contributed by atoms with Crippen molar-refractivity contribution in [2.45, 2.75) is 85.7 Å². The van der Waals surface area contributed by atoms with Gasteiger partial charge in [0.1, 0.15) is 6.10 Å². The van der Waals surface area contributed by atoms with Crippen LogP contribution in [0, 0.1) is 16.7 Å². The topological polar surface area (TPSA) is 29.5 Å². The summed E-state index contributed by atoms with van der Waals surface area (Å²) in [7, 11) is 0. The van der Waals surface area contributed by atoms with Crippen LogP contribution in [0.4, 0.5) is 0 Å². The second-order valence-electron chi connectivity index (χ2n) is 7.02. The Labute approximate surface area is 113 Å². The quantitative estimate of drug-likeness (QED) is 0.517. The zero-order valence-electron chi connectivity index (χ0n) is 13.0. The van der Waals surface area contributed by atoms with Crippen molar-refractivity contribution in [1.29, 1.82) is 0 Å². The highest BCUT2D eigenvalue weighted by atomic mass is 17.1. The molecule has 108 valence electrons. The predicted octanol–water partition coefficient (Wildman–Crippen LogP) is 5.28. The first-order valence-electron chi connectivity index (χ1n) is 7.72. The second kappa shape index (κ2) is 6.38. The zero-order chi connectivity index (χ0) is 13.8. The van der Waals surface area contributed by atoms with Gasteiger partial charge in [-0.3, -0.25) is 5.26 Å². The average Bonchev–Trinajstić information content (AvgIpc) is 2.40. The Morgan fingerprint density at radius 3 is 2.00 bits per heavy atom. The molecule has 1 rings (SSSR count). The Bertz CT molecular complexity index is 243. The molecule has 0 heterocycles. The number of hydrogen-bond acceptors (Lipinski definition) is 2. The molecule has 0 aliphatic heterocycles. The SMILES string of the molecule is CCC(C)(C)C(OO)C(C)(CC)C1CCCCC1. The summed E-state index contributed by atoms with van der Waals surface area (Å²) in [4.78, 5) is 5.02. The summed E-state index contributed by atoms with van der Waals surface area (Å²) in [6.45, 7) is 11.2. The molecule has 0 spiro atoms. The van der Waals surface area contributed by atoms with Crippen LogP contribution in [0.5, 0.6) is 0 Å². The molecule has 0 aromatic rings. The first-order chi connectivity index (χ1) is 8.42. The van der Waals surface area contributed by atoms with Crippen LogP contribution in [-0.4, -0.2) is 11.4 Å². The maximum atomic E-state index is 9.49. The van der Waals surface area contributed by atoms with Crippen LogP contribution in [0.15, 0.2) is 0 Å². The van der Waals surface area contributed by atoms with Crippen LogP contribution < -0.4 is 0 Å². The molecule has 2 unspecified atom stereocenters. The first kappa shape index (κ1) is 16.0. The van der Waals surface area contributed by atoms with E-state index in [4.69, 9.17) is 4.89 Å². The van der Waals surface area contributed by atoms with Gasteiger partial charge in [0.15, 0.2) is 0 Å². The zero-order valence-corrected chi connectivity index (χ0v) is 13.0. The molecule has 1 aliphatic carbocycles. The van der Waals surface area contributed by atoms with E-state index in [1.807, 2.05) is 0 Å². The van der Waals surface area contributed by atoms with Gasteiger partial charge in [-0.1, -0.05) is 53.9 Å². The highest BCUT2D eigenvalue weighted by molar-refractivity contribution is 4.95. The smallest absolute Gasteiger partial charge is 0.103 e. The van der Waals surface area contributed by atoms with E-state index in [1.54, 1.807) is 0 Å². The third-order valence-corrected chi connectivity index (χ3v) is 5.62. The van der Waals surface area contributed by atoms with Crippen LogP contribution in [0.1, 0.15) is 79.6 Å². The fraction of sp³-hybridized carbons (Fsp3) is 1.00. The van der Waals surface area contributed by atoms with Crippen molar-refractivity contribution in [3.8, 4) is 0 Å². The molecule has 1 N–H and O–H groups in total. The van der Waals surface area contributed by atoms with Crippen molar-refractivity contribution in [1.82, 2.24) is 0 Å². The van der Waals surface area contributed by atoms with E-state index in [9.17, 15) is 5.26 Å². The van der Waals surface area contributed by atoms with Gasteiger partial charge in [0.2, 0.25) is 0 Å². The largest absolute Gasteiger partial charge is 0.251 e. The molecule has 2 heteroatoms. The Morgan fingerprint density at radius 2 is 1.61 bits per heavy atom. The normalized spacial score (nSPS) is 23.7. The number of rotatable bonds is 6. The van der Waals surface area contributed by atoms with Crippen molar-refractivity contribution >= 4 is 0 Å². The van der Waals surface area contributed by atoms with Crippen molar-refractivity contribution in [3.05, 3.63) is 0 Å².